The summed E-state index contributed by atoms with van der Waals surface area (Å²) in [6.45, 7) is 9.75. The molecule has 0 aromatic rings. The van der Waals surface area contributed by atoms with Gasteiger partial charge < -0.3 is 10.1 Å². The monoisotopic (exact) mass is 267 g/mol. The molecule has 3 aliphatic rings. The first-order chi connectivity index (χ1) is 8.62. The number of nitrogens with one attached hydrogen (secondary N) is 1. The Kier molecular flexibility index (Phi) is 3.40. The molecule has 0 aromatic carbocycles. The molecule has 19 heavy (non-hydrogen) atoms. The average molecular weight is 267 g/mol. The third kappa shape index (κ3) is 2.77. The molecular formula is C15H25NO3. The van der Waals surface area contributed by atoms with Gasteiger partial charge >= 0.3 is 6.09 Å². The SMILES string of the molecule is C[C@H]1[C@@H]2CC[C@@](C)(CC2=O)[C@@H]1NC(=O)OC(C)(C)C. The van der Waals surface area contributed by atoms with E-state index in [1.807, 2.05) is 20.8 Å². The van der Waals surface area contributed by atoms with Crippen molar-refractivity contribution >= 4 is 11.9 Å². The maximum atomic E-state index is 12.0. The highest BCUT2D eigenvalue weighted by atomic mass is 16.6. The second-order valence-electron chi connectivity index (χ2n) is 7.43. The van der Waals surface area contributed by atoms with Crippen molar-refractivity contribution in [2.24, 2.45) is 17.3 Å². The van der Waals surface area contributed by atoms with Gasteiger partial charge in [0.2, 0.25) is 0 Å². The van der Waals surface area contributed by atoms with Gasteiger partial charge in [-0.1, -0.05) is 13.8 Å². The predicted molar refractivity (Wildman–Crippen MR) is 72.8 cm³/mol. The summed E-state index contributed by atoms with van der Waals surface area (Å²) in [7, 11) is 0. The fourth-order valence-electron chi connectivity index (χ4n) is 3.69. The summed E-state index contributed by atoms with van der Waals surface area (Å²) in [6, 6.07) is 0.0406. The highest BCUT2D eigenvalue weighted by Gasteiger charge is 2.53. The van der Waals surface area contributed by atoms with Gasteiger partial charge in [0.25, 0.3) is 0 Å². The molecule has 4 atom stereocenters. The molecule has 0 saturated heterocycles. The van der Waals surface area contributed by atoms with Crippen LogP contribution in [0.3, 0.4) is 0 Å². The maximum Gasteiger partial charge on any atom is 0.407 e. The third-order valence-electron chi connectivity index (χ3n) is 4.60. The zero-order valence-corrected chi connectivity index (χ0v) is 12.6. The normalized spacial score (nSPS) is 38.2. The molecule has 1 N–H and O–H groups in total. The van der Waals surface area contributed by atoms with E-state index in [9.17, 15) is 9.59 Å². The Labute approximate surface area is 115 Å². The second kappa shape index (κ2) is 4.50. The minimum absolute atomic E-state index is 0.0406. The lowest BCUT2D eigenvalue weighted by Gasteiger charge is -2.53. The number of ether oxygens (including phenoxy) is 1. The van der Waals surface area contributed by atoms with Crippen molar-refractivity contribution in [3.63, 3.8) is 0 Å². The Hall–Kier alpha value is -1.06. The van der Waals surface area contributed by atoms with Gasteiger partial charge in [0.1, 0.15) is 11.4 Å². The van der Waals surface area contributed by atoms with Crippen molar-refractivity contribution in [2.75, 3.05) is 0 Å². The molecule has 0 radical (unpaired) electrons. The van der Waals surface area contributed by atoms with Crippen LogP contribution in [-0.2, 0) is 9.53 Å². The summed E-state index contributed by atoms with van der Waals surface area (Å²) >= 11 is 0. The summed E-state index contributed by atoms with van der Waals surface area (Å²) in [5.41, 5.74) is -0.597. The molecule has 4 heteroatoms. The minimum Gasteiger partial charge on any atom is -0.444 e. The molecular weight excluding hydrogens is 242 g/mol. The maximum absolute atomic E-state index is 12.0. The van der Waals surface area contributed by atoms with Crippen molar-refractivity contribution in [3.05, 3.63) is 0 Å². The Morgan fingerprint density at radius 1 is 1.42 bits per heavy atom. The number of hydrogen-bond acceptors (Lipinski definition) is 3. The van der Waals surface area contributed by atoms with Crippen LogP contribution < -0.4 is 5.32 Å². The molecule has 108 valence electrons. The van der Waals surface area contributed by atoms with Crippen LogP contribution in [0, 0.1) is 17.3 Å². The van der Waals surface area contributed by atoms with E-state index in [1.165, 1.54) is 0 Å². The van der Waals surface area contributed by atoms with Crippen LogP contribution in [0.2, 0.25) is 0 Å². The zero-order chi connectivity index (χ0) is 14.4. The third-order valence-corrected chi connectivity index (χ3v) is 4.60. The first-order valence-electron chi connectivity index (χ1n) is 7.15. The minimum atomic E-state index is -0.488. The highest BCUT2D eigenvalue weighted by molar-refractivity contribution is 5.84. The molecule has 0 unspecified atom stereocenters. The van der Waals surface area contributed by atoms with E-state index in [1.54, 1.807) is 0 Å². The predicted octanol–water partition coefficient (Wildman–Crippen LogP) is 2.90. The topological polar surface area (TPSA) is 55.4 Å². The quantitative estimate of drug-likeness (QED) is 0.794. The van der Waals surface area contributed by atoms with Gasteiger partial charge in [-0.05, 0) is 44.9 Å². The van der Waals surface area contributed by atoms with Gasteiger partial charge in [-0.25, -0.2) is 4.79 Å². The van der Waals surface area contributed by atoms with Crippen LogP contribution in [0.25, 0.3) is 0 Å². The molecule has 3 saturated carbocycles. The summed E-state index contributed by atoms with van der Waals surface area (Å²) < 4.78 is 5.33. The number of carbonyl (C=O) groups excluding carboxylic acids is 2. The van der Waals surface area contributed by atoms with Crippen LogP contribution in [0.4, 0.5) is 4.79 Å². The van der Waals surface area contributed by atoms with Crippen LogP contribution in [0.15, 0.2) is 0 Å². The number of carbonyl (C=O) groups is 2. The lowest BCUT2D eigenvalue weighted by atomic mass is 9.54. The summed E-state index contributed by atoms with van der Waals surface area (Å²) in [6.07, 6.45) is 2.19. The number of hydrogen-bond donors (Lipinski definition) is 1. The summed E-state index contributed by atoms with van der Waals surface area (Å²) in [4.78, 5) is 23.9. The molecule has 2 bridgehead atoms. The van der Waals surface area contributed by atoms with Gasteiger partial charge in [-0.2, -0.15) is 0 Å². The van der Waals surface area contributed by atoms with Gasteiger partial charge in [0.15, 0.2) is 0 Å². The Morgan fingerprint density at radius 3 is 2.53 bits per heavy atom. The van der Waals surface area contributed by atoms with E-state index in [0.29, 0.717) is 12.2 Å². The standard InChI is InChI=1S/C15H25NO3/c1-9-10-6-7-15(5,8-11(10)17)12(9)16-13(18)19-14(2,3)4/h9-10,12H,6-8H2,1-5H3,(H,16,18)/t9-,10-,12+,15-/m0/s1. The van der Waals surface area contributed by atoms with E-state index in [2.05, 4.69) is 19.2 Å². The Balaban J connectivity index is 2.08. The fraction of sp³-hybridized carbons (Fsp3) is 0.867. The highest BCUT2D eigenvalue weighted by Crippen LogP contribution is 2.51. The van der Waals surface area contributed by atoms with Gasteiger partial charge in [0, 0.05) is 18.4 Å². The Morgan fingerprint density at radius 2 is 2.05 bits per heavy atom. The fourth-order valence-corrected chi connectivity index (χ4v) is 3.69. The van der Waals surface area contributed by atoms with E-state index in [-0.39, 0.29) is 29.4 Å². The summed E-state index contributed by atoms with van der Waals surface area (Å²) in [5.74, 6) is 0.678. The van der Waals surface area contributed by atoms with Crippen LogP contribution >= 0.6 is 0 Å². The van der Waals surface area contributed by atoms with Gasteiger partial charge in [0.05, 0.1) is 0 Å². The van der Waals surface area contributed by atoms with Gasteiger partial charge in [-0.15, -0.1) is 0 Å². The van der Waals surface area contributed by atoms with Crippen molar-refractivity contribution in [1.82, 2.24) is 5.32 Å². The molecule has 4 nitrogen and oxygen atoms in total. The molecule has 0 aromatic heterocycles. The first-order valence-corrected chi connectivity index (χ1v) is 7.15. The van der Waals surface area contributed by atoms with Crippen molar-refractivity contribution in [1.29, 1.82) is 0 Å². The number of rotatable bonds is 1. The number of Topliss-reactive ketones (excluding diaryl/α,β-unsaturated/α-hetero) is 1. The van der Waals surface area contributed by atoms with E-state index < -0.39 is 5.60 Å². The number of ketones is 1. The average Bonchev–Trinajstić information content (AvgIpc) is 2.20. The zero-order valence-electron chi connectivity index (χ0n) is 12.6. The lowest BCUT2D eigenvalue weighted by Crippen LogP contribution is -2.61. The Bertz CT molecular complexity index is 399. The van der Waals surface area contributed by atoms with Crippen LogP contribution in [-0.4, -0.2) is 23.5 Å². The summed E-state index contributed by atoms with van der Waals surface area (Å²) in [5, 5.41) is 3.00. The number of amides is 1. The number of alkyl carbamates (subject to hydrolysis) is 1. The van der Waals surface area contributed by atoms with Gasteiger partial charge in [-0.3, -0.25) is 4.79 Å². The van der Waals surface area contributed by atoms with Crippen molar-refractivity contribution < 1.29 is 14.3 Å². The molecule has 3 rings (SSSR count). The molecule has 0 aliphatic heterocycles. The van der Waals surface area contributed by atoms with Crippen molar-refractivity contribution in [3.8, 4) is 0 Å². The molecule has 3 aliphatic carbocycles. The van der Waals surface area contributed by atoms with E-state index in [0.717, 1.165) is 12.8 Å². The number of fused-ring (bicyclic) bond motifs is 3. The molecule has 3 fully saturated rings. The van der Waals surface area contributed by atoms with Crippen molar-refractivity contribution in [2.45, 2.75) is 65.5 Å². The molecule has 0 spiro atoms. The first kappa shape index (κ1) is 14.4. The van der Waals surface area contributed by atoms with Crippen LogP contribution in [0.1, 0.15) is 53.9 Å². The van der Waals surface area contributed by atoms with E-state index in [4.69, 9.17) is 4.74 Å². The van der Waals surface area contributed by atoms with E-state index >= 15 is 0 Å². The molecule has 0 heterocycles. The van der Waals surface area contributed by atoms with Crippen LogP contribution in [0.5, 0.6) is 0 Å². The second-order valence-corrected chi connectivity index (χ2v) is 7.43. The lowest BCUT2D eigenvalue weighted by molar-refractivity contribution is -0.139. The largest absolute Gasteiger partial charge is 0.444 e. The smallest absolute Gasteiger partial charge is 0.407 e. The molecule has 1 amide bonds.